The number of para-hydroxylation sites is 2. The molecule has 9 heteroatoms. The Hall–Kier alpha value is -4.47. The Balaban J connectivity index is 1.41. The number of hydroxylamine groups is 1. The first-order valence-corrected chi connectivity index (χ1v) is 13.8. The molecule has 2 fully saturated rings. The molecule has 4 aromatic carbocycles. The van der Waals surface area contributed by atoms with Gasteiger partial charge in [-0.1, -0.05) is 84.9 Å². The monoisotopic (exact) mass is 540 g/mol. The second-order valence-corrected chi connectivity index (χ2v) is 10.8. The van der Waals surface area contributed by atoms with Crippen molar-refractivity contribution in [3.8, 4) is 5.75 Å². The maximum absolute atomic E-state index is 13.8. The van der Waals surface area contributed by atoms with Gasteiger partial charge in [0.05, 0.1) is 18.3 Å². The van der Waals surface area contributed by atoms with Crippen LogP contribution in [0.4, 0.5) is 5.69 Å². The van der Waals surface area contributed by atoms with E-state index in [9.17, 15) is 18.0 Å². The number of carbonyl (C=O) groups is 2. The Bertz CT molecular complexity index is 1610. The zero-order valence-electron chi connectivity index (χ0n) is 20.7. The normalized spacial score (nSPS) is 20.8. The number of hydrogen-bond donors (Lipinski definition) is 0. The fourth-order valence-electron chi connectivity index (χ4n) is 5.06. The van der Waals surface area contributed by atoms with Crippen LogP contribution in [0.1, 0.15) is 17.2 Å². The number of rotatable bonds is 7. The average Bonchev–Trinajstić information content (AvgIpc) is 3.46. The number of fused-ring (bicyclic) bond motifs is 1. The highest BCUT2D eigenvalue weighted by Gasteiger charge is 2.60. The van der Waals surface area contributed by atoms with Crippen molar-refractivity contribution < 1.29 is 27.0 Å². The third-order valence-corrected chi connectivity index (χ3v) is 8.12. The van der Waals surface area contributed by atoms with E-state index in [1.807, 2.05) is 48.5 Å². The van der Waals surface area contributed by atoms with Crippen molar-refractivity contribution >= 4 is 27.6 Å². The van der Waals surface area contributed by atoms with E-state index in [0.29, 0.717) is 11.3 Å². The van der Waals surface area contributed by atoms with Gasteiger partial charge in [0.25, 0.3) is 5.91 Å². The molecule has 2 aliphatic rings. The second-order valence-electron chi connectivity index (χ2n) is 9.29. The summed E-state index contributed by atoms with van der Waals surface area (Å²) in [5, 5.41) is 1.52. The first-order chi connectivity index (χ1) is 18.9. The topological polar surface area (TPSA) is 93.2 Å². The summed E-state index contributed by atoms with van der Waals surface area (Å²) in [5.74, 6) is -1.69. The van der Waals surface area contributed by atoms with Crippen molar-refractivity contribution in [2.24, 2.45) is 5.92 Å². The number of imide groups is 1. The van der Waals surface area contributed by atoms with Gasteiger partial charge in [-0.05, 0) is 35.9 Å². The van der Waals surface area contributed by atoms with Gasteiger partial charge in [0.1, 0.15) is 16.6 Å². The third-order valence-electron chi connectivity index (χ3n) is 6.87. The van der Waals surface area contributed by atoms with Crippen LogP contribution in [0.3, 0.4) is 0 Å². The van der Waals surface area contributed by atoms with Crippen LogP contribution in [0.15, 0.2) is 120 Å². The van der Waals surface area contributed by atoms with Crippen molar-refractivity contribution in [1.82, 2.24) is 4.90 Å². The molecule has 196 valence electrons. The summed E-state index contributed by atoms with van der Waals surface area (Å²) in [4.78, 5) is 34.7. The maximum Gasteiger partial charge on any atom is 0.339 e. The van der Waals surface area contributed by atoms with E-state index >= 15 is 0 Å². The zero-order valence-corrected chi connectivity index (χ0v) is 21.5. The smallest absolute Gasteiger partial charge is 0.339 e. The minimum Gasteiger partial charge on any atom is -0.379 e. The fourth-order valence-corrected chi connectivity index (χ4v) is 6.04. The van der Waals surface area contributed by atoms with Gasteiger partial charge in [-0.25, -0.2) is 5.06 Å². The Morgan fingerprint density at radius 3 is 2.00 bits per heavy atom. The van der Waals surface area contributed by atoms with Crippen molar-refractivity contribution in [3.63, 3.8) is 0 Å². The van der Waals surface area contributed by atoms with E-state index in [1.165, 1.54) is 28.2 Å². The maximum atomic E-state index is 13.8. The predicted molar refractivity (Wildman–Crippen MR) is 143 cm³/mol. The summed E-state index contributed by atoms with van der Waals surface area (Å²) in [6.45, 7) is 0.119. The van der Waals surface area contributed by atoms with Crippen LogP contribution in [-0.2, 0) is 31.1 Å². The van der Waals surface area contributed by atoms with Crippen molar-refractivity contribution in [2.75, 3.05) is 5.06 Å². The summed E-state index contributed by atoms with van der Waals surface area (Å²) in [7, 11) is -4.17. The lowest BCUT2D eigenvalue weighted by Crippen LogP contribution is -2.37. The van der Waals surface area contributed by atoms with Crippen molar-refractivity contribution in [2.45, 2.75) is 23.6 Å². The summed E-state index contributed by atoms with van der Waals surface area (Å²) >= 11 is 0. The van der Waals surface area contributed by atoms with Gasteiger partial charge < -0.3 is 4.18 Å². The second kappa shape index (κ2) is 10.0. The van der Waals surface area contributed by atoms with E-state index in [2.05, 4.69) is 0 Å². The van der Waals surface area contributed by atoms with Gasteiger partial charge >= 0.3 is 10.1 Å². The van der Waals surface area contributed by atoms with E-state index < -0.39 is 40.0 Å². The molecule has 39 heavy (non-hydrogen) atoms. The molecule has 0 saturated carbocycles. The van der Waals surface area contributed by atoms with Crippen LogP contribution in [0.5, 0.6) is 5.75 Å². The molecule has 2 aliphatic heterocycles. The lowest BCUT2D eigenvalue weighted by atomic mass is 9.90. The number of anilines is 1. The number of amides is 2. The molecule has 0 radical (unpaired) electrons. The molecule has 0 spiro atoms. The molecule has 0 aliphatic carbocycles. The van der Waals surface area contributed by atoms with Gasteiger partial charge in [-0.2, -0.15) is 8.42 Å². The standard InChI is InChI=1S/C30H24N2O6S/c33-29-26-27(24-18-10-11-19-25(24)38-39(35,36)23-16-8-3-9-17-23)32(22-14-6-2-7-15-22)37-28(26)30(34)31(29)20-21-12-4-1-5-13-21/h1-19,26-28H,20H2/t26-,27+,28+/m0/s1. The van der Waals surface area contributed by atoms with Crippen LogP contribution in [-0.4, -0.2) is 31.2 Å². The summed E-state index contributed by atoms with van der Waals surface area (Å²) in [6, 6.07) is 32.0. The van der Waals surface area contributed by atoms with E-state index in [1.54, 1.807) is 48.5 Å². The molecule has 6 rings (SSSR count). The number of carbonyl (C=O) groups excluding carboxylic acids is 2. The van der Waals surface area contributed by atoms with E-state index in [-0.39, 0.29) is 17.2 Å². The highest BCUT2D eigenvalue weighted by atomic mass is 32.2. The van der Waals surface area contributed by atoms with Crippen molar-refractivity contribution in [3.05, 3.63) is 126 Å². The summed E-state index contributed by atoms with van der Waals surface area (Å²) < 4.78 is 31.9. The molecule has 2 heterocycles. The molecular formula is C30H24N2O6S. The Kier molecular flexibility index (Phi) is 6.38. The largest absolute Gasteiger partial charge is 0.379 e. The third kappa shape index (κ3) is 4.56. The van der Waals surface area contributed by atoms with Crippen LogP contribution < -0.4 is 9.25 Å². The molecule has 0 bridgehead atoms. The molecule has 3 atom stereocenters. The first-order valence-electron chi connectivity index (χ1n) is 12.4. The zero-order chi connectivity index (χ0) is 27.0. The number of likely N-dealkylation sites (tertiary alicyclic amines) is 1. The average molecular weight is 541 g/mol. The summed E-state index contributed by atoms with van der Waals surface area (Å²) in [5.41, 5.74) is 1.84. The molecule has 0 N–H and O–H groups in total. The van der Waals surface area contributed by atoms with Crippen molar-refractivity contribution in [1.29, 1.82) is 0 Å². The van der Waals surface area contributed by atoms with Gasteiger partial charge in [0.2, 0.25) is 5.91 Å². The van der Waals surface area contributed by atoms with Gasteiger partial charge in [0, 0.05) is 5.56 Å². The SMILES string of the molecule is O=C1[C@H]2[C@@H](c3ccccc3OS(=O)(=O)c3ccccc3)N(c3ccccc3)O[C@H]2C(=O)N1Cc1ccccc1. The predicted octanol–water partition coefficient (Wildman–Crippen LogP) is 4.50. The van der Waals surface area contributed by atoms with Crippen LogP contribution in [0.25, 0.3) is 0 Å². The highest BCUT2D eigenvalue weighted by Crippen LogP contribution is 2.49. The fraction of sp³-hybridized carbons (Fsp3) is 0.133. The quantitative estimate of drug-likeness (QED) is 0.252. The molecule has 4 aromatic rings. The number of hydrogen-bond acceptors (Lipinski definition) is 7. The minimum atomic E-state index is -4.17. The van der Waals surface area contributed by atoms with Crippen LogP contribution >= 0.6 is 0 Å². The van der Waals surface area contributed by atoms with Gasteiger partial charge in [0.15, 0.2) is 6.10 Å². The number of nitrogens with zero attached hydrogens (tertiary/aromatic N) is 2. The molecule has 0 aromatic heterocycles. The summed E-state index contributed by atoms with van der Waals surface area (Å²) in [6.07, 6.45) is -1.06. The van der Waals surface area contributed by atoms with E-state index in [0.717, 1.165) is 5.56 Å². The molecule has 0 unspecified atom stereocenters. The Morgan fingerprint density at radius 2 is 1.31 bits per heavy atom. The minimum absolute atomic E-state index is 0.00132. The lowest BCUT2D eigenvalue weighted by molar-refractivity contribution is -0.143. The molecule has 2 saturated heterocycles. The number of benzene rings is 4. The Morgan fingerprint density at radius 1 is 0.718 bits per heavy atom. The van der Waals surface area contributed by atoms with Crippen LogP contribution in [0, 0.1) is 5.92 Å². The molecule has 8 nitrogen and oxygen atoms in total. The van der Waals surface area contributed by atoms with Gasteiger partial charge in [-0.15, -0.1) is 0 Å². The first kappa shape index (κ1) is 24.8. The highest BCUT2D eigenvalue weighted by molar-refractivity contribution is 7.87. The molecular weight excluding hydrogens is 516 g/mol. The lowest BCUT2D eigenvalue weighted by Gasteiger charge is -2.29. The Labute approximate surface area is 226 Å². The van der Waals surface area contributed by atoms with Crippen LogP contribution in [0.2, 0.25) is 0 Å². The molecule has 2 amide bonds. The van der Waals surface area contributed by atoms with Gasteiger partial charge in [-0.3, -0.25) is 19.3 Å². The van der Waals surface area contributed by atoms with E-state index in [4.69, 9.17) is 9.02 Å².